The van der Waals surface area contributed by atoms with Gasteiger partial charge in [-0.1, -0.05) is 6.92 Å². The maximum Gasteiger partial charge on any atom is 0.151 e. The first-order chi connectivity index (χ1) is 6.14. The molecule has 3 aliphatic rings. The molecule has 4 atom stereocenters. The number of hydrogen-bond acceptors (Lipinski definition) is 2. The second-order valence-electron chi connectivity index (χ2n) is 5.29. The topological polar surface area (TPSA) is 20.3 Å². The molecule has 1 aliphatic carbocycles. The number of ketones is 1. The van der Waals surface area contributed by atoms with Gasteiger partial charge in [-0.05, 0) is 31.6 Å². The minimum absolute atomic E-state index is 0.260. The van der Waals surface area contributed by atoms with Gasteiger partial charge >= 0.3 is 0 Å². The van der Waals surface area contributed by atoms with Gasteiger partial charge in [0.25, 0.3) is 0 Å². The van der Waals surface area contributed by atoms with E-state index in [1.807, 2.05) is 0 Å². The monoisotopic (exact) mass is 179 g/mol. The first-order valence-electron chi connectivity index (χ1n) is 5.42. The van der Waals surface area contributed by atoms with E-state index < -0.39 is 0 Å². The fourth-order valence-electron chi connectivity index (χ4n) is 4.20. The van der Waals surface area contributed by atoms with Crippen LogP contribution in [-0.4, -0.2) is 29.3 Å². The van der Waals surface area contributed by atoms with Gasteiger partial charge in [0.15, 0.2) is 5.78 Å². The third-order valence-electron chi connectivity index (χ3n) is 4.83. The van der Waals surface area contributed by atoms with Crippen molar-refractivity contribution < 1.29 is 4.79 Å². The van der Waals surface area contributed by atoms with Gasteiger partial charge in [-0.25, -0.2) is 0 Å². The predicted molar refractivity (Wildman–Crippen MR) is 50.4 cm³/mol. The zero-order chi connectivity index (χ0) is 9.22. The molecule has 0 spiro atoms. The summed E-state index contributed by atoms with van der Waals surface area (Å²) in [5.41, 5.74) is 0.260. The molecule has 0 radical (unpaired) electrons. The molecule has 2 heterocycles. The highest BCUT2D eigenvalue weighted by atomic mass is 16.1. The predicted octanol–water partition coefficient (Wildman–Crippen LogP) is 1.31. The summed E-state index contributed by atoms with van der Waals surface area (Å²) in [5.74, 6) is 2.49. The van der Waals surface area contributed by atoms with Gasteiger partial charge in [-0.15, -0.1) is 0 Å². The van der Waals surface area contributed by atoms with Crippen molar-refractivity contribution in [1.82, 2.24) is 4.90 Å². The van der Waals surface area contributed by atoms with E-state index in [-0.39, 0.29) is 5.54 Å². The van der Waals surface area contributed by atoms with Gasteiger partial charge < -0.3 is 0 Å². The van der Waals surface area contributed by atoms with Crippen molar-refractivity contribution in [2.24, 2.45) is 17.8 Å². The third kappa shape index (κ3) is 0.723. The number of carbonyl (C=O) groups is 1. The van der Waals surface area contributed by atoms with Crippen LogP contribution in [0, 0.1) is 17.8 Å². The van der Waals surface area contributed by atoms with E-state index in [1.54, 1.807) is 0 Å². The summed E-state index contributed by atoms with van der Waals surface area (Å²) in [6.45, 7) is 6.57. The summed E-state index contributed by atoms with van der Waals surface area (Å²) >= 11 is 0. The Balaban J connectivity index is 2.07. The molecule has 0 N–H and O–H groups in total. The highest BCUT2D eigenvalue weighted by molar-refractivity contribution is 5.87. The molecule has 0 bridgehead atoms. The lowest BCUT2D eigenvalue weighted by molar-refractivity contribution is -0.120. The minimum Gasteiger partial charge on any atom is -0.298 e. The molecule has 2 saturated heterocycles. The van der Waals surface area contributed by atoms with Crippen LogP contribution in [0.4, 0.5) is 0 Å². The van der Waals surface area contributed by atoms with Crippen LogP contribution in [0.25, 0.3) is 0 Å². The molecule has 3 rings (SSSR count). The molecule has 0 aromatic heterocycles. The van der Waals surface area contributed by atoms with E-state index in [9.17, 15) is 4.79 Å². The van der Waals surface area contributed by atoms with Gasteiger partial charge in [-0.3, -0.25) is 9.69 Å². The van der Waals surface area contributed by atoms with E-state index in [0.29, 0.717) is 11.7 Å². The van der Waals surface area contributed by atoms with E-state index in [2.05, 4.69) is 18.7 Å². The molecule has 13 heavy (non-hydrogen) atoms. The van der Waals surface area contributed by atoms with Gasteiger partial charge in [0.2, 0.25) is 0 Å². The van der Waals surface area contributed by atoms with Crippen molar-refractivity contribution in [3.63, 3.8) is 0 Å². The van der Waals surface area contributed by atoms with Crippen molar-refractivity contribution in [2.75, 3.05) is 13.1 Å². The van der Waals surface area contributed by atoms with Gasteiger partial charge in [0.1, 0.15) is 0 Å². The molecule has 2 heteroatoms. The summed E-state index contributed by atoms with van der Waals surface area (Å²) in [5, 5.41) is 0. The Bertz CT molecular complexity index is 275. The normalized spacial score (nSPS) is 54.6. The van der Waals surface area contributed by atoms with Crippen LogP contribution < -0.4 is 0 Å². The Morgan fingerprint density at radius 1 is 1.46 bits per heavy atom. The van der Waals surface area contributed by atoms with Crippen molar-refractivity contribution in [3.05, 3.63) is 0 Å². The zero-order valence-corrected chi connectivity index (χ0v) is 8.42. The Labute approximate surface area is 79.3 Å². The largest absolute Gasteiger partial charge is 0.298 e. The molecule has 0 amide bonds. The molecular formula is C11H17NO. The molecule has 72 valence electrons. The number of nitrogens with zero attached hydrogens (tertiary/aromatic N) is 1. The Hall–Kier alpha value is -0.370. The van der Waals surface area contributed by atoms with Crippen LogP contribution >= 0.6 is 0 Å². The fraction of sp³-hybridized carbons (Fsp3) is 0.909. The van der Waals surface area contributed by atoms with Crippen molar-refractivity contribution in [2.45, 2.75) is 32.2 Å². The summed E-state index contributed by atoms with van der Waals surface area (Å²) in [7, 11) is 0. The van der Waals surface area contributed by atoms with Crippen LogP contribution in [0.1, 0.15) is 26.7 Å². The Morgan fingerprint density at radius 3 is 3.00 bits per heavy atom. The van der Waals surface area contributed by atoms with E-state index in [4.69, 9.17) is 0 Å². The number of hydrogen-bond donors (Lipinski definition) is 0. The highest BCUT2D eigenvalue weighted by Gasteiger charge is 2.62. The van der Waals surface area contributed by atoms with Crippen LogP contribution in [0.5, 0.6) is 0 Å². The quantitative estimate of drug-likeness (QED) is 0.558. The van der Waals surface area contributed by atoms with Gasteiger partial charge in [0.05, 0.1) is 6.54 Å². The van der Waals surface area contributed by atoms with Crippen molar-refractivity contribution in [1.29, 1.82) is 0 Å². The lowest BCUT2D eigenvalue weighted by Crippen LogP contribution is -2.41. The second-order valence-corrected chi connectivity index (χ2v) is 5.29. The number of rotatable bonds is 0. The van der Waals surface area contributed by atoms with E-state index >= 15 is 0 Å². The third-order valence-corrected chi connectivity index (χ3v) is 4.83. The summed E-state index contributed by atoms with van der Waals surface area (Å²) in [6.07, 6.45) is 2.44. The highest BCUT2D eigenvalue weighted by Crippen LogP contribution is 2.55. The van der Waals surface area contributed by atoms with Crippen LogP contribution in [0.15, 0.2) is 0 Å². The Morgan fingerprint density at radius 2 is 2.23 bits per heavy atom. The van der Waals surface area contributed by atoms with Crippen LogP contribution in [0.3, 0.4) is 0 Å². The maximum atomic E-state index is 11.7. The van der Waals surface area contributed by atoms with Crippen LogP contribution in [0.2, 0.25) is 0 Å². The van der Waals surface area contributed by atoms with Crippen molar-refractivity contribution in [3.8, 4) is 0 Å². The molecule has 0 aromatic rings. The van der Waals surface area contributed by atoms with E-state index in [0.717, 1.165) is 31.3 Å². The van der Waals surface area contributed by atoms with Crippen molar-refractivity contribution >= 4 is 5.78 Å². The summed E-state index contributed by atoms with van der Waals surface area (Å²) < 4.78 is 0. The molecule has 0 aromatic carbocycles. The smallest absolute Gasteiger partial charge is 0.151 e. The molecule has 2 nitrogen and oxygen atoms in total. The molecule has 0 unspecified atom stereocenters. The SMILES string of the molecule is C[C@@H]1CN2CC(=O)[C@H]3CC[C@@H]1[C@]32C. The average molecular weight is 179 g/mol. The Kier molecular flexibility index (Phi) is 1.33. The summed E-state index contributed by atoms with van der Waals surface area (Å²) in [4.78, 5) is 14.2. The first kappa shape index (κ1) is 7.98. The standard InChI is InChI=1S/C11H17NO/c1-7-5-12-6-10(13)9-4-3-8(7)11(9,12)2/h7-9H,3-6H2,1-2H3/t7-,8+,9-,11-/m1/s1. The molecular weight excluding hydrogens is 162 g/mol. The summed E-state index contributed by atoms with van der Waals surface area (Å²) in [6, 6.07) is 0. The van der Waals surface area contributed by atoms with Crippen LogP contribution in [-0.2, 0) is 4.79 Å². The molecule has 1 saturated carbocycles. The average Bonchev–Trinajstić information content (AvgIpc) is 2.58. The van der Waals surface area contributed by atoms with Gasteiger partial charge in [0, 0.05) is 18.0 Å². The lowest BCUT2D eigenvalue weighted by atomic mass is 9.81. The zero-order valence-electron chi connectivity index (χ0n) is 8.42. The van der Waals surface area contributed by atoms with Gasteiger partial charge in [-0.2, -0.15) is 0 Å². The first-order valence-corrected chi connectivity index (χ1v) is 5.42. The van der Waals surface area contributed by atoms with E-state index in [1.165, 1.54) is 6.42 Å². The lowest BCUT2D eigenvalue weighted by Gasteiger charge is -2.31. The second kappa shape index (κ2) is 2.17. The fourth-order valence-corrected chi connectivity index (χ4v) is 4.20. The number of carbonyl (C=O) groups excluding carboxylic acids is 1. The maximum absolute atomic E-state index is 11.7. The minimum atomic E-state index is 0.260. The molecule has 3 fully saturated rings. The molecule has 2 aliphatic heterocycles. The number of Topliss-reactive ketones (excluding diaryl/α,β-unsaturated/α-hetero) is 1.